The number of Topliss-reactive ketones (excluding diaryl/α,β-unsaturated/α-hetero) is 3. The number of rotatable bonds is 23. The summed E-state index contributed by atoms with van der Waals surface area (Å²) in [6.07, 6.45) is 3.24. The Hall–Kier alpha value is -5.54. The number of hydrogen-bond acceptors (Lipinski definition) is 15. The predicted octanol–water partition coefficient (Wildman–Crippen LogP) is 6.99. The van der Waals surface area contributed by atoms with Crippen LogP contribution in [-0.4, -0.2) is 138 Å². The number of unbranched alkanes of at least 4 members (excludes halogenated alkanes) is 1. The molecule has 460 valence electrons. The summed E-state index contributed by atoms with van der Waals surface area (Å²) in [4.78, 5) is 102. The topological polar surface area (TPSA) is 272 Å². The van der Waals surface area contributed by atoms with Gasteiger partial charge in [-0.05, 0) is 97.7 Å². The van der Waals surface area contributed by atoms with E-state index in [9.17, 15) is 48.9 Å². The third kappa shape index (κ3) is 12.9. The van der Waals surface area contributed by atoms with Crippen LogP contribution < -0.4 is 16.0 Å². The molecule has 13 atom stereocenters. The first-order chi connectivity index (χ1) is 39.4. The summed E-state index contributed by atoms with van der Waals surface area (Å²) in [6, 6.07) is 5.73. The molecular weight excluding hydrogens is 1090 g/mol. The van der Waals surface area contributed by atoms with Gasteiger partial charge in [-0.2, -0.15) is 0 Å². The molecule has 1 aliphatic heterocycles. The minimum absolute atomic E-state index is 0.0174. The molecule has 6 N–H and O–H groups in total. The summed E-state index contributed by atoms with van der Waals surface area (Å²) < 4.78 is 7.45. The fourth-order valence-electron chi connectivity index (χ4n) is 15.3. The maximum atomic E-state index is 14.5. The Balaban J connectivity index is 0.718. The quantitative estimate of drug-likeness (QED) is 0.0523. The molecule has 1 saturated heterocycles. The van der Waals surface area contributed by atoms with Gasteiger partial charge in [0.15, 0.2) is 5.78 Å². The van der Waals surface area contributed by atoms with Crippen LogP contribution in [0.15, 0.2) is 47.1 Å². The summed E-state index contributed by atoms with van der Waals surface area (Å²) >= 11 is 1.57. The number of fused-ring (bicyclic) bond motifs is 4. The van der Waals surface area contributed by atoms with Crippen LogP contribution in [0.5, 0.6) is 0 Å². The number of aliphatic hydroxyl groups is 3. The zero-order valence-electron chi connectivity index (χ0n) is 51.5. The molecule has 3 heterocycles. The van der Waals surface area contributed by atoms with Crippen molar-refractivity contribution in [2.45, 2.75) is 203 Å². The van der Waals surface area contributed by atoms with Crippen LogP contribution >= 0.6 is 11.3 Å². The van der Waals surface area contributed by atoms with E-state index in [2.05, 4.69) is 38.2 Å². The zero-order valence-corrected chi connectivity index (χ0v) is 52.3. The van der Waals surface area contributed by atoms with Crippen molar-refractivity contribution in [3.05, 3.63) is 64.1 Å². The number of carbonyl (C=O) groups excluding carboxylic acids is 7. The molecule has 19 nitrogen and oxygen atoms in total. The molecule has 5 aliphatic rings. The molecule has 0 spiro atoms. The number of ketones is 3. The first kappa shape index (κ1) is 64.5. The third-order valence-electron chi connectivity index (χ3n) is 20.3. The minimum atomic E-state index is -0.965. The first-order valence-corrected chi connectivity index (χ1v) is 31.3. The molecule has 3 fully saturated rings. The summed E-state index contributed by atoms with van der Waals surface area (Å²) in [6.45, 7) is 24.3. The van der Waals surface area contributed by atoms with E-state index in [0.717, 1.165) is 27.4 Å². The van der Waals surface area contributed by atoms with Crippen LogP contribution in [0.2, 0.25) is 0 Å². The molecule has 1 aromatic carbocycles. The van der Waals surface area contributed by atoms with Crippen molar-refractivity contribution in [3.63, 3.8) is 0 Å². The van der Waals surface area contributed by atoms with Crippen molar-refractivity contribution in [1.29, 1.82) is 0 Å². The van der Waals surface area contributed by atoms with E-state index in [0.29, 0.717) is 69.2 Å². The molecule has 84 heavy (non-hydrogen) atoms. The van der Waals surface area contributed by atoms with Crippen molar-refractivity contribution in [3.8, 4) is 10.4 Å². The number of nitrogens with zero attached hydrogens (tertiary/aromatic N) is 5. The van der Waals surface area contributed by atoms with Gasteiger partial charge in [0.1, 0.15) is 23.7 Å². The van der Waals surface area contributed by atoms with E-state index < -0.39 is 69.3 Å². The lowest BCUT2D eigenvalue weighted by Gasteiger charge is -2.61. The smallest absolute Gasteiger partial charge is 0.246 e. The number of thiazole rings is 1. The average Bonchev–Trinajstić information content (AvgIpc) is 1.29. The average molecular weight is 1180 g/mol. The number of likely N-dealkylation sites (tertiary alicyclic amines) is 1. The van der Waals surface area contributed by atoms with Crippen molar-refractivity contribution < 1.29 is 53.6 Å². The van der Waals surface area contributed by atoms with Crippen LogP contribution in [0.4, 0.5) is 0 Å². The van der Waals surface area contributed by atoms with Crippen LogP contribution in [0.25, 0.3) is 10.4 Å². The maximum absolute atomic E-state index is 14.5. The number of hydrogen-bond donors (Lipinski definition) is 6. The van der Waals surface area contributed by atoms with Crippen LogP contribution in [-0.2, 0) is 51.3 Å². The number of aliphatic hydroxyl groups excluding tert-OH is 3. The molecule has 4 aliphatic carbocycles. The Morgan fingerprint density at radius 1 is 0.917 bits per heavy atom. The Morgan fingerprint density at radius 3 is 2.31 bits per heavy atom. The van der Waals surface area contributed by atoms with Gasteiger partial charge in [-0.3, -0.25) is 33.6 Å². The molecule has 20 heteroatoms. The van der Waals surface area contributed by atoms with E-state index in [-0.39, 0.29) is 111 Å². The molecule has 2 saturated carbocycles. The summed E-state index contributed by atoms with van der Waals surface area (Å²) in [5.41, 5.74) is 3.14. The van der Waals surface area contributed by atoms with Crippen LogP contribution in [0.3, 0.4) is 0 Å². The van der Waals surface area contributed by atoms with Gasteiger partial charge in [0, 0.05) is 85.5 Å². The van der Waals surface area contributed by atoms with E-state index in [4.69, 9.17) is 4.74 Å². The second-order valence-corrected chi connectivity index (χ2v) is 28.4. The molecule has 0 radical (unpaired) electrons. The van der Waals surface area contributed by atoms with E-state index in [1.165, 1.54) is 4.90 Å². The number of aromatic nitrogens is 4. The first-order valence-electron chi connectivity index (χ1n) is 30.4. The summed E-state index contributed by atoms with van der Waals surface area (Å²) in [5, 5.41) is 51.9. The Kier molecular flexibility index (Phi) is 19.5. The fraction of sp³-hybridized carbons (Fsp3) is 0.688. The SMILES string of the molecule is Cc1ncsc1-c1ccc([C@H](C)NC(=O)[C@@H]2C[C@@H](O)CN2C(=O)[C@@H](NC(=O)CCCCc2cn(CCOCCNC(=O)[C@H](C)CC(=O)C[C@@H](C)[C@H]3C[C@H](O)[C@@]4(C)C5=C(C(=O)C[C@]34C)[C@@]3(C)CCC(=O)C(C)(C)[C@@H]3C[C@@H]5O)nn2)C(C)(C)C)cc1. The Bertz CT molecular complexity index is 2980. The predicted molar refractivity (Wildman–Crippen MR) is 318 cm³/mol. The van der Waals surface area contributed by atoms with E-state index in [1.807, 2.05) is 105 Å². The van der Waals surface area contributed by atoms with Gasteiger partial charge in [0.05, 0.1) is 65.9 Å². The number of ether oxygens (including phenoxy) is 1. The Labute approximate surface area is 499 Å². The van der Waals surface area contributed by atoms with E-state index >= 15 is 0 Å². The number of nitrogens with one attached hydrogen (secondary N) is 3. The van der Waals surface area contributed by atoms with Gasteiger partial charge in [0.2, 0.25) is 23.6 Å². The van der Waals surface area contributed by atoms with Gasteiger partial charge in [0.25, 0.3) is 0 Å². The second-order valence-electron chi connectivity index (χ2n) is 27.5. The lowest BCUT2D eigenvalue weighted by atomic mass is 9.42. The Morgan fingerprint density at radius 2 is 1.63 bits per heavy atom. The molecule has 0 bridgehead atoms. The highest BCUT2D eigenvalue weighted by Gasteiger charge is 2.70. The second kappa shape index (κ2) is 25.4. The lowest BCUT2D eigenvalue weighted by Crippen LogP contribution is -2.60. The zero-order chi connectivity index (χ0) is 61.4. The summed E-state index contributed by atoms with van der Waals surface area (Å²) in [5.74, 6) is -2.44. The molecular formula is C64H92N8O11S. The highest BCUT2D eigenvalue weighted by molar-refractivity contribution is 7.13. The van der Waals surface area contributed by atoms with Crippen molar-refractivity contribution in [1.82, 2.24) is 40.8 Å². The highest BCUT2D eigenvalue weighted by atomic mass is 32.1. The third-order valence-corrected chi connectivity index (χ3v) is 21.3. The van der Waals surface area contributed by atoms with Crippen molar-refractivity contribution in [2.75, 3.05) is 26.3 Å². The number of carbonyl (C=O) groups is 7. The van der Waals surface area contributed by atoms with Crippen LogP contribution in [0, 0.1) is 57.7 Å². The maximum Gasteiger partial charge on any atom is 0.246 e. The van der Waals surface area contributed by atoms with Crippen molar-refractivity contribution >= 4 is 52.3 Å². The molecule has 2 aromatic heterocycles. The highest BCUT2D eigenvalue weighted by Crippen LogP contribution is 2.71. The molecule has 8 rings (SSSR count). The van der Waals surface area contributed by atoms with E-state index in [1.54, 1.807) is 22.9 Å². The largest absolute Gasteiger partial charge is 0.392 e. The minimum Gasteiger partial charge on any atom is -0.392 e. The van der Waals surface area contributed by atoms with Crippen LogP contribution in [0.1, 0.15) is 170 Å². The number of allylic oxidation sites excluding steroid dienone is 1. The number of aryl methyl sites for hydroxylation is 2. The van der Waals surface area contributed by atoms with Gasteiger partial charge < -0.3 is 40.9 Å². The fourth-order valence-corrected chi connectivity index (χ4v) is 16.1. The molecule has 0 unspecified atom stereocenters. The normalized spacial score (nSPS) is 28.9. The lowest BCUT2D eigenvalue weighted by molar-refractivity contribution is -0.146. The molecule has 4 amide bonds. The monoisotopic (exact) mass is 1180 g/mol. The number of benzene rings is 1. The van der Waals surface area contributed by atoms with Gasteiger partial charge in [-0.15, -0.1) is 16.4 Å². The molecule has 3 aromatic rings. The van der Waals surface area contributed by atoms with Gasteiger partial charge in [-0.25, -0.2) is 9.67 Å². The number of amides is 4. The summed E-state index contributed by atoms with van der Waals surface area (Å²) in [7, 11) is 0. The van der Waals surface area contributed by atoms with Gasteiger partial charge >= 0.3 is 0 Å². The standard InChI is InChI=1S/C64H92N8O11S/c1-36(45-30-51(78)64(12)54-47(75)31-49-61(8,9)50(77)21-22-62(49,10)53(54)48(76)32-63(45,64)11)27-43(73)28-37(2)57(80)65-23-25-83-26-24-71-33-42(69-70-71)15-13-14-16-52(79)68-56(60(5,6)7)59(82)72-34-44(74)29-46(72)58(81)67-38(3)40-17-19-41(20-18-40)55-39(4)66-35-84-55/h17-20,33,35-38,44-47,49,51,56,74-75,78H,13-16,21-32,34H2,1-12H3,(H,65,80)(H,67,81)(H,68,79)/t36-,37-,38+,44-,45-,46+,47+,49+,51+,56-,62+,63-,64+/m1/s1. The van der Waals surface area contributed by atoms with Gasteiger partial charge in [-0.1, -0.05) is 98.7 Å². The van der Waals surface area contributed by atoms with Crippen molar-refractivity contribution in [2.24, 2.45) is 50.7 Å². The number of β-amino-alcohol motifs (C(OH)–C–C–N with tert-alkyl or cyclic N) is 1.